The van der Waals surface area contributed by atoms with Crippen molar-refractivity contribution in [2.24, 2.45) is 0 Å². The van der Waals surface area contributed by atoms with Crippen molar-refractivity contribution in [1.82, 2.24) is 4.98 Å². The Bertz CT molecular complexity index is 517. The second-order valence-corrected chi connectivity index (χ2v) is 11.9. The van der Waals surface area contributed by atoms with E-state index in [9.17, 15) is 4.79 Å². The summed E-state index contributed by atoms with van der Waals surface area (Å²) in [6, 6.07) is 4.49. The molecule has 0 unspecified atom stereocenters. The topological polar surface area (TPSA) is 42.4 Å². The number of rotatable bonds is 5. The molecule has 1 amide bonds. The summed E-state index contributed by atoms with van der Waals surface area (Å²) >= 11 is 0. The van der Waals surface area contributed by atoms with E-state index < -0.39 is 13.3 Å². The third-order valence-corrected chi connectivity index (χ3v) is 5.01. The highest BCUT2D eigenvalue weighted by atomic mass is 28.3. The van der Waals surface area contributed by atoms with Crippen molar-refractivity contribution in [2.45, 2.75) is 30.9 Å². The molecular formula is C13H18B2N2O2Si. The molecule has 0 aliphatic carbocycles. The van der Waals surface area contributed by atoms with Crippen molar-refractivity contribution in [2.75, 3.05) is 18.2 Å². The lowest BCUT2D eigenvalue weighted by Crippen LogP contribution is -2.42. The van der Waals surface area contributed by atoms with Gasteiger partial charge < -0.3 is 4.74 Å². The Morgan fingerprint density at radius 2 is 2.10 bits per heavy atom. The van der Waals surface area contributed by atoms with Crippen LogP contribution in [0.15, 0.2) is 18.3 Å². The summed E-state index contributed by atoms with van der Waals surface area (Å²) in [6.07, 6.45) is 1.61. The number of ether oxygens (including phenoxy) is 1. The normalized spacial score (nSPS) is 17.4. The van der Waals surface area contributed by atoms with Gasteiger partial charge in [0.05, 0.1) is 15.7 Å². The summed E-state index contributed by atoms with van der Waals surface area (Å²) in [5, 5.41) is -1.51. The highest BCUT2D eigenvalue weighted by Crippen LogP contribution is 2.35. The Morgan fingerprint density at radius 3 is 2.75 bits per heavy atom. The highest BCUT2D eigenvalue weighted by molar-refractivity contribution is 6.76. The van der Waals surface area contributed by atoms with E-state index in [-0.39, 0.29) is 12.6 Å². The van der Waals surface area contributed by atoms with Gasteiger partial charge in [0, 0.05) is 26.1 Å². The first-order valence-corrected chi connectivity index (χ1v) is 10.4. The van der Waals surface area contributed by atoms with Crippen molar-refractivity contribution >= 4 is 35.5 Å². The van der Waals surface area contributed by atoms with Crippen LogP contribution in [0.3, 0.4) is 0 Å². The molecule has 2 rings (SSSR count). The van der Waals surface area contributed by atoms with Gasteiger partial charge in [-0.15, -0.1) is 0 Å². The zero-order valence-electron chi connectivity index (χ0n) is 12.2. The second kappa shape index (κ2) is 5.37. The lowest BCUT2D eigenvalue weighted by Gasteiger charge is -2.21. The van der Waals surface area contributed by atoms with Crippen LogP contribution in [0.4, 0.5) is 5.82 Å². The van der Waals surface area contributed by atoms with Crippen molar-refractivity contribution in [3.63, 3.8) is 0 Å². The number of anilines is 1. The van der Waals surface area contributed by atoms with E-state index in [0.29, 0.717) is 18.0 Å². The summed E-state index contributed by atoms with van der Waals surface area (Å²) in [6.45, 7) is 7.60. The number of fused-ring (bicyclic) bond motifs is 1. The lowest BCUT2D eigenvalue weighted by atomic mass is 9.52. The van der Waals surface area contributed by atoms with Gasteiger partial charge in [-0.1, -0.05) is 25.7 Å². The number of pyridine rings is 1. The fraction of sp³-hybridized carbons (Fsp3) is 0.538. The van der Waals surface area contributed by atoms with E-state index in [1.165, 1.54) is 4.90 Å². The maximum absolute atomic E-state index is 12.2. The van der Waals surface area contributed by atoms with Gasteiger partial charge in [0.1, 0.15) is 12.5 Å². The predicted octanol–water partition coefficient (Wildman–Crippen LogP) is 1.23. The van der Waals surface area contributed by atoms with Gasteiger partial charge in [0.15, 0.2) is 0 Å². The number of carbonyl (C=O) groups excluding carboxylic acids is 1. The molecule has 2 heterocycles. The molecule has 7 heteroatoms. The van der Waals surface area contributed by atoms with Gasteiger partial charge in [-0.05, 0) is 17.7 Å². The third-order valence-electron chi connectivity index (χ3n) is 3.30. The lowest BCUT2D eigenvalue weighted by molar-refractivity contribution is -0.119. The minimum atomic E-state index is -1.51. The first-order valence-electron chi connectivity index (χ1n) is 6.66. The number of nitrogens with zero attached hydrogens (tertiary/aromatic N) is 2. The summed E-state index contributed by atoms with van der Waals surface area (Å²) < 4.78 is 5.60. The van der Waals surface area contributed by atoms with Gasteiger partial charge in [-0.2, -0.15) is 0 Å². The molecule has 0 atom stereocenters. The maximum Gasteiger partial charge on any atom is 0.223 e. The zero-order chi connectivity index (χ0) is 15.0. The Kier molecular flexibility index (Phi) is 4.11. The Labute approximate surface area is 123 Å². The quantitative estimate of drug-likeness (QED) is 0.603. The Hall–Kier alpha value is -1.07. The van der Waals surface area contributed by atoms with Crippen molar-refractivity contribution in [3.8, 4) is 0 Å². The summed E-state index contributed by atoms with van der Waals surface area (Å²) in [5.74, 6) is 0.120. The summed E-state index contributed by atoms with van der Waals surface area (Å²) in [4.78, 5) is 17.8. The van der Waals surface area contributed by atoms with E-state index in [0.717, 1.165) is 6.04 Å². The van der Waals surface area contributed by atoms with Crippen molar-refractivity contribution in [1.29, 1.82) is 0 Å². The molecule has 0 N–H and O–H groups in total. The molecule has 20 heavy (non-hydrogen) atoms. The van der Waals surface area contributed by atoms with Gasteiger partial charge >= 0.3 is 0 Å². The minimum Gasteiger partial charge on any atom is -0.361 e. The molecule has 0 bridgehead atoms. The molecule has 0 saturated carbocycles. The van der Waals surface area contributed by atoms with Gasteiger partial charge in [0.25, 0.3) is 0 Å². The molecule has 4 nitrogen and oxygen atoms in total. The van der Waals surface area contributed by atoms with Crippen LogP contribution in [0.25, 0.3) is 0 Å². The molecule has 1 aromatic rings. The van der Waals surface area contributed by atoms with Crippen LogP contribution in [-0.4, -0.2) is 48.0 Å². The van der Waals surface area contributed by atoms with Crippen molar-refractivity contribution in [3.05, 3.63) is 23.9 Å². The zero-order valence-corrected chi connectivity index (χ0v) is 13.2. The standard InChI is InChI=1S/C13H18B2N2O2Si/c1-20(2,3)8-7-19-9-17-11-10(5-4-6-16-11)13(14,15)12(17)18/h4-6H,7-9H2,1-3H3. The monoisotopic (exact) mass is 284 g/mol. The molecule has 0 spiro atoms. The highest BCUT2D eigenvalue weighted by Gasteiger charge is 2.43. The first kappa shape index (κ1) is 15.3. The van der Waals surface area contributed by atoms with E-state index in [1.807, 2.05) is 0 Å². The molecule has 102 valence electrons. The van der Waals surface area contributed by atoms with E-state index in [2.05, 4.69) is 24.6 Å². The Morgan fingerprint density at radius 1 is 1.40 bits per heavy atom. The van der Waals surface area contributed by atoms with Crippen LogP contribution in [0, 0.1) is 0 Å². The molecule has 1 aliphatic rings. The number of hydrogen-bond acceptors (Lipinski definition) is 3. The Balaban J connectivity index is 2.04. The summed E-state index contributed by atoms with van der Waals surface area (Å²) in [5.41, 5.74) is 0.541. The molecule has 0 fully saturated rings. The fourth-order valence-corrected chi connectivity index (χ4v) is 2.78. The molecule has 1 aliphatic heterocycles. The van der Waals surface area contributed by atoms with E-state index in [4.69, 9.17) is 20.4 Å². The van der Waals surface area contributed by atoms with Crippen LogP contribution in [0.1, 0.15) is 5.56 Å². The van der Waals surface area contributed by atoms with Crippen LogP contribution in [-0.2, 0) is 14.7 Å². The van der Waals surface area contributed by atoms with Crippen molar-refractivity contribution < 1.29 is 9.53 Å². The SMILES string of the molecule is [B]C1([B])C(=O)N(COCC[Si](C)(C)C)c2ncccc21. The van der Waals surface area contributed by atoms with Gasteiger partial charge in [0.2, 0.25) is 5.91 Å². The average Bonchev–Trinajstić information content (AvgIpc) is 2.54. The number of aromatic nitrogens is 1. The van der Waals surface area contributed by atoms with Gasteiger partial charge in [-0.3, -0.25) is 9.69 Å². The molecule has 0 aromatic carbocycles. The summed E-state index contributed by atoms with van der Waals surface area (Å²) in [7, 11) is 10.6. The number of carbonyl (C=O) groups is 1. The largest absolute Gasteiger partial charge is 0.361 e. The minimum absolute atomic E-state index is 0.142. The molecule has 1 aromatic heterocycles. The van der Waals surface area contributed by atoms with E-state index in [1.54, 1.807) is 18.3 Å². The van der Waals surface area contributed by atoms with E-state index >= 15 is 0 Å². The van der Waals surface area contributed by atoms with Gasteiger partial charge in [-0.25, -0.2) is 4.98 Å². The molecule has 4 radical (unpaired) electrons. The molecular weight excluding hydrogens is 266 g/mol. The fourth-order valence-electron chi connectivity index (χ4n) is 2.02. The van der Waals surface area contributed by atoms with Crippen LogP contribution in [0.2, 0.25) is 25.7 Å². The predicted molar refractivity (Wildman–Crippen MR) is 83.9 cm³/mol. The number of amides is 1. The van der Waals surface area contributed by atoms with Crippen LogP contribution < -0.4 is 4.90 Å². The van der Waals surface area contributed by atoms with Crippen LogP contribution >= 0.6 is 0 Å². The average molecular weight is 284 g/mol. The number of hydrogen-bond donors (Lipinski definition) is 0. The smallest absolute Gasteiger partial charge is 0.223 e. The van der Waals surface area contributed by atoms with Crippen LogP contribution in [0.5, 0.6) is 0 Å². The molecule has 0 saturated heterocycles. The first-order chi connectivity index (χ1) is 9.23. The third kappa shape index (κ3) is 2.98. The second-order valence-electron chi connectivity index (χ2n) is 6.32. The maximum atomic E-state index is 12.2.